The maximum Gasteiger partial charge on any atom is 0.0716 e. The molecule has 4 aliphatic carbocycles. The number of allylic oxidation sites excluding steroid dienone is 11. The fourth-order valence-corrected chi connectivity index (χ4v) is 11.8. The van der Waals surface area contributed by atoms with Gasteiger partial charge in [-0.1, -0.05) is 204 Å². The summed E-state index contributed by atoms with van der Waals surface area (Å²) in [5.74, 6) is 1.71. The molecule has 2 heteroatoms. The van der Waals surface area contributed by atoms with Crippen LogP contribution >= 0.6 is 0 Å². The molecule has 0 amide bonds. The van der Waals surface area contributed by atoms with Crippen molar-refractivity contribution in [2.45, 2.75) is 176 Å². The lowest BCUT2D eigenvalue weighted by Gasteiger charge is -2.38. The highest BCUT2D eigenvalue weighted by molar-refractivity contribution is 5.83. The smallest absolute Gasteiger partial charge is 0.0716 e. The maximum atomic E-state index is 5.24. The van der Waals surface area contributed by atoms with Gasteiger partial charge in [0.25, 0.3) is 0 Å². The summed E-state index contributed by atoms with van der Waals surface area (Å²) in [7, 11) is 0. The van der Waals surface area contributed by atoms with Gasteiger partial charge in [0.05, 0.1) is 22.1 Å². The number of benzene rings is 2. The van der Waals surface area contributed by atoms with E-state index in [-0.39, 0.29) is 10.8 Å². The monoisotopic (exact) mass is 801 g/mol. The van der Waals surface area contributed by atoms with Crippen LogP contribution in [-0.4, -0.2) is 0 Å². The summed E-state index contributed by atoms with van der Waals surface area (Å²) in [6.45, 7) is 14.4. The van der Waals surface area contributed by atoms with Crippen molar-refractivity contribution in [2.75, 3.05) is 0 Å². The van der Waals surface area contributed by atoms with Crippen LogP contribution < -0.4 is 21.2 Å². The first-order valence-electron chi connectivity index (χ1n) is 24.9. The first kappa shape index (κ1) is 42.9. The summed E-state index contributed by atoms with van der Waals surface area (Å²) < 4.78 is 0. The van der Waals surface area contributed by atoms with Crippen LogP contribution in [0.4, 0.5) is 0 Å². The Morgan fingerprint density at radius 1 is 0.633 bits per heavy atom. The number of para-hydroxylation sites is 2. The topological polar surface area (TPSA) is 24.7 Å². The first-order chi connectivity index (χ1) is 29.2. The zero-order valence-corrected chi connectivity index (χ0v) is 38.5. The van der Waals surface area contributed by atoms with E-state index in [9.17, 15) is 0 Å². The van der Waals surface area contributed by atoms with E-state index in [0.29, 0.717) is 17.8 Å². The Morgan fingerprint density at radius 2 is 1.22 bits per heavy atom. The van der Waals surface area contributed by atoms with Gasteiger partial charge >= 0.3 is 0 Å². The average molecular weight is 801 g/mol. The van der Waals surface area contributed by atoms with Crippen LogP contribution in [-0.2, 0) is 0 Å². The van der Waals surface area contributed by atoms with Crippen LogP contribution in [0.1, 0.15) is 176 Å². The standard InChI is InChI=1S/C58H76N2/c1-7-9-11-13-15-17-19-21-29-43-48(57(3,4)39-52-55(43)45-31-23-25-34-50(45)59-52)37-36-41-28-27-33-42-47(54(41)42)38-49-44(30-22-20-18-16-14-12-10-8-2)56-46-32-24-26-35-51(46)60-53(56)40-58(49,5)6/h23-26,31-32,34-40,42,44,47H,7-22,27-30,33H2,1-6H3. The third-order valence-electron chi connectivity index (χ3n) is 15.0. The van der Waals surface area contributed by atoms with Crippen molar-refractivity contribution < 1.29 is 0 Å². The number of rotatable bonds is 21. The summed E-state index contributed by atoms with van der Waals surface area (Å²) >= 11 is 0. The van der Waals surface area contributed by atoms with Crippen LogP contribution in [0.5, 0.6) is 0 Å². The van der Waals surface area contributed by atoms with E-state index in [2.05, 4.69) is 120 Å². The first-order valence-corrected chi connectivity index (χ1v) is 24.9. The van der Waals surface area contributed by atoms with Crippen molar-refractivity contribution in [1.29, 1.82) is 0 Å². The van der Waals surface area contributed by atoms with E-state index in [4.69, 9.17) is 9.98 Å². The molecule has 0 saturated heterocycles. The Bertz CT molecular complexity index is 2350. The fraction of sp³-hybridized carbons (Fsp3) is 0.552. The highest BCUT2D eigenvalue weighted by Crippen LogP contribution is 2.59. The second-order valence-corrected chi connectivity index (χ2v) is 20.4. The lowest BCUT2D eigenvalue weighted by Crippen LogP contribution is -2.30. The minimum Gasteiger partial charge on any atom is -0.248 e. The number of hydrogen-bond donors (Lipinski definition) is 0. The summed E-state index contributed by atoms with van der Waals surface area (Å²) in [6.07, 6.45) is 40.9. The quantitative estimate of drug-likeness (QED) is 0.0887. The van der Waals surface area contributed by atoms with Gasteiger partial charge in [-0.25, -0.2) is 9.98 Å². The molecule has 0 spiro atoms. The Kier molecular flexibility index (Phi) is 13.6. The Hall–Kier alpha value is -3.78. The second-order valence-electron chi connectivity index (χ2n) is 20.4. The van der Waals surface area contributed by atoms with E-state index < -0.39 is 0 Å². The summed E-state index contributed by atoms with van der Waals surface area (Å²) in [6, 6.07) is 17.8. The molecule has 2 heterocycles. The van der Waals surface area contributed by atoms with E-state index in [1.54, 1.807) is 22.3 Å². The van der Waals surface area contributed by atoms with Gasteiger partial charge in [0.1, 0.15) is 0 Å². The highest BCUT2D eigenvalue weighted by Gasteiger charge is 2.48. The molecule has 60 heavy (non-hydrogen) atoms. The molecule has 0 bridgehead atoms. The molecule has 0 aromatic heterocycles. The lowest BCUT2D eigenvalue weighted by molar-refractivity contribution is 0.459. The molecule has 0 N–H and O–H groups in total. The molecule has 8 rings (SSSR count). The maximum absolute atomic E-state index is 5.24. The van der Waals surface area contributed by atoms with Crippen molar-refractivity contribution in [3.8, 4) is 0 Å². The van der Waals surface area contributed by atoms with Crippen molar-refractivity contribution >= 4 is 11.1 Å². The number of unbranched alkanes of at least 4 members (excludes halogenated alkanes) is 14. The predicted molar refractivity (Wildman–Crippen MR) is 255 cm³/mol. The molecule has 318 valence electrons. The highest BCUT2D eigenvalue weighted by atomic mass is 14.8. The fourth-order valence-electron chi connectivity index (χ4n) is 11.8. The number of nitrogens with zero attached hydrogens (tertiary/aromatic N) is 2. The molecule has 2 aromatic carbocycles. The minimum atomic E-state index is -0.0701. The van der Waals surface area contributed by atoms with Gasteiger partial charge in [0.2, 0.25) is 0 Å². The SMILES string of the molecule is CCCCCCCCCCC1=C(C=CC2=C3C(C=C4C(CCCCCCCCCC)C5=c6ccccc6=NC5=CC4(C)C)C3CCC2)C(C)(C)C=C2N=c3ccccc3=C21. The Labute approximate surface area is 364 Å². The normalized spacial score (nSPS) is 23.8. The lowest BCUT2D eigenvalue weighted by atomic mass is 9.66. The van der Waals surface area contributed by atoms with E-state index >= 15 is 0 Å². The molecule has 2 aliphatic heterocycles. The number of fused-ring (bicyclic) bond motifs is 5. The van der Waals surface area contributed by atoms with Gasteiger partial charge in [-0.2, -0.15) is 0 Å². The molecular formula is C58H76N2. The zero-order valence-electron chi connectivity index (χ0n) is 38.5. The van der Waals surface area contributed by atoms with E-state index in [0.717, 1.165) is 11.8 Å². The molecule has 6 aliphatic rings. The van der Waals surface area contributed by atoms with Gasteiger partial charge in [-0.15, -0.1) is 0 Å². The van der Waals surface area contributed by atoms with Crippen molar-refractivity contribution in [1.82, 2.24) is 0 Å². The molecule has 3 unspecified atom stereocenters. The van der Waals surface area contributed by atoms with Crippen molar-refractivity contribution in [3.63, 3.8) is 0 Å². The van der Waals surface area contributed by atoms with Gasteiger partial charge in [0, 0.05) is 38.7 Å². The third-order valence-corrected chi connectivity index (χ3v) is 15.0. The Balaban J connectivity index is 1.09. The largest absolute Gasteiger partial charge is 0.248 e. The van der Waals surface area contributed by atoms with Gasteiger partial charge in [-0.05, 0) is 91.0 Å². The van der Waals surface area contributed by atoms with Gasteiger partial charge in [-0.3, -0.25) is 0 Å². The van der Waals surface area contributed by atoms with Crippen molar-refractivity contribution in [3.05, 3.63) is 139 Å². The molecule has 1 saturated carbocycles. The van der Waals surface area contributed by atoms with Crippen LogP contribution in [0.2, 0.25) is 0 Å². The summed E-state index contributed by atoms with van der Waals surface area (Å²) in [5.41, 5.74) is 13.4. The van der Waals surface area contributed by atoms with Crippen LogP contribution in [0.25, 0.3) is 11.1 Å². The average Bonchev–Trinajstić information content (AvgIpc) is 3.64. The van der Waals surface area contributed by atoms with Gasteiger partial charge < -0.3 is 0 Å². The zero-order chi connectivity index (χ0) is 41.7. The molecular weight excluding hydrogens is 725 g/mol. The van der Waals surface area contributed by atoms with Gasteiger partial charge in [0.15, 0.2) is 0 Å². The molecule has 3 atom stereocenters. The van der Waals surface area contributed by atoms with E-state index in [1.807, 2.05) is 0 Å². The summed E-state index contributed by atoms with van der Waals surface area (Å²) in [5, 5.41) is 5.02. The molecule has 2 aromatic rings. The number of hydrogen-bond acceptors (Lipinski definition) is 2. The predicted octanol–water partition coefficient (Wildman–Crippen LogP) is 14.0. The van der Waals surface area contributed by atoms with Crippen LogP contribution in [0.3, 0.4) is 0 Å². The van der Waals surface area contributed by atoms with Crippen molar-refractivity contribution in [2.24, 2.45) is 38.6 Å². The molecule has 2 nitrogen and oxygen atoms in total. The Morgan fingerprint density at radius 3 is 1.92 bits per heavy atom. The van der Waals surface area contributed by atoms with E-state index in [1.165, 1.54) is 172 Å². The summed E-state index contributed by atoms with van der Waals surface area (Å²) in [4.78, 5) is 10.4. The third kappa shape index (κ3) is 9.20. The molecule has 1 fully saturated rings. The second kappa shape index (κ2) is 19.1. The molecule has 0 radical (unpaired) electrons. The van der Waals surface area contributed by atoms with Crippen LogP contribution in [0, 0.1) is 28.6 Å². The minimum absolute atomic E-state index is 0.0112. The van der Waals surface area contributed by atoms with Crippen LogP contribution in [0.15, 0.2) is 128 Å².